The number of sulfonamides is 1. The maximum Gasteiger partial charge on any atom is 0.233 e. The van der Waals surface area contributed by atoms with Gasteiger partial charge in [-0.3, -0.25) is 9.52 Å². The van der Waals surface area contributed by atoms with E-state index < -0.39 is 15.9 Å². The number of benzene rings is 1. The molecule has 1 aliphatic carbocycles. The molecular weight excluding hydrogens is 418 g/mol. The summed E-state index contributed by atoms with van der Waals surface area (Å²) < 4.78 is 24.1. The second-order valence-electron chi connectivity index (χ2n) is 9.71. The minimum atomic E-state index is -3.45. The first-order valence-corrected chi connectivity index (χ1v) is 13.9. The van der Waals surface area contributed by atoms with Crippen LogP contribution in [0.15, 0.2) is 54.6 Å². The fourth-order valence-electron chi connectivity index (χ4n) is 4.90. The topological polar surface area (TPSA) is 63.2 Å². The van der Waals surface area contributed by atoms with Crippen molar-refractivity contribution in [1.82, 2.24) is 4.72 Å². The number of nitrogens with one attached hydrogen (secondary N) is 1. The summed E-state index contributed by atoms with van der Waals surface area (Å²) in [7, 11) is -3.45. The van der Waals surface area contributed by atoms with Crippen LogP contribution in [0.3, 0.4) is 0 Å². The molecule has 1 saturated carbocycles. The Bertz CT molecular complexity index is 860. The summed E-state index contributed by atoms with van der Waals surface area (Å²) in [6, 6.07) is 10.7. The van der Waals surface area contributed by atoms with E-state index in [2.05, 4.69) is 75.4 Å². The van der Waals surface area contributed by atoms with Gasteiger partial charge in [-0.05, 0) is 73.7 Å². The van der Waals surface area contributed by atoms with Crippen LogP contribution in [-0.2, 0) is 21.2 Å². The molecule has 178 valence electrons. The lowest BCUT2D eigenvalue weighted by Gasteiger charge is -2.21. The second-order valence-corrected chi connectivity index (χ2v) is 11.5. The lowest BCUT2D eigenvalue weighted by atomic mass is 9.84. The Kier molecular flexibility index (Phi) is 10.7. The first kappa shape index (κ1) is 26.4. The van der Waals surface area contributed by atoms with Crippen LogP contribution >= 0.6 is 0 Å². The van der Waals surface area contributed by atoms with Crippen molar-refractivity contribution in [3.8, 4) is 0 Å². The number of allylic oxidation sites excluding steroid dienone is 4. The van der Waals surface area contributed by atoms with Crippen LogP contribution in [-0.4, -0.2) is 20.6 Å². The van der Waals surface area contributed by atoms with Gasteiger partial charge >= 0.3 is 0 Å². The van der Waals surface area contributed by atoms with Crippen molar-refractivity contribution < 1.29 is 13.2 Å². The molecule has 5 heteroatoms. The van der Waals surface area contributed by atoms with E-state index >= 15 is 0 Å². The van der Waals surface area contributed by atoms with E-state index in [0.29, 0.717) is 36.0 Å². The molecule has 32 heavy (non-hydrogen) atoms. The first-order chi connectivity index (χ1) is 15.2. The molecule has 0 bridgehead atoms. The standard InChI is InChI=1S/C27H41NO3S/c1-21(16-18-24-12-8-7-9-13-24)17-19-26-23(3)20-22(2)25(26)14-10-5-6-11-15-27(29)28-32(4,30)31/h5,7-10,12-13,17,19,21-23,25-26H,6,11,14-16,18,20H2,1-4H3,(H,28,29)/b10-5+,19-17+. The van der Waals surface area contributed by atoms with Crippen LogP contribution in [0.2, 0.25) is 0 Å². The van der Waals surface area contributed by atoms with E-state index in [0.717, 1.165) is 25.5 Å². The van der Waals surface area contributed by atoms with E-state index in [1.807, 2.05) is 4.72 Å². The highest BCUT2D eigenvalue weighted by molar-refractivity contribution is 7.89. The predicted molar refractivity (Wildman–Crippen MR) is 134 cm³/mol. The molecule has 1 aliphatic rings. The van der Waals surface area contributed by atoms with Crippen molar-refractivity contribution in [2.75, 3.05) is 6.26 Å². The number of hydrogen-bond acceptors (Lipinski definition) is 3. The minimum absolute atomic E-state index is 0.237. The Morgan fingerprint density at radius 1 is 1.16 bits per heavy atom. The number of rotatable bonds is 12. The summed E-state index contributed by atoms with van der Waals surface area (Å²) in [5.41, 5.74) is 1.41. The summed E-state index contributed by atoms with van der Waals surface area (Å²) in [6.45, 7) is 7.07. The molecule has 1 fully saturated rings. The molecule has 0 radical (unpaired) electrons. The molecule has 0 aromatic heterocycles. The van der Waals surface area contributed by atoms with E-state index in [1.54, 1.807) is 0 Å². The molecule has 0 saturated heterocycles. The summed E-state index contributed by atoms with van der Waals surface area (Å²) in [6.07, 6.45) is 16.7. The van der Waals surface area contributed by atoms with E-state index in [-0.39, 0.29) is 6.42 Å². The summed E-state index contributed by atoms with van der Waals surface area (Å²) >= 11 is 0. The highest BCUT2D eigenvalue weighted by Gasteiger charge is 2.36. The van der Waals surface area contributed by atoms with Gasteiger partial charge in [0, 0.05) is 6.42 Å². The zero-order chi connectivity index (χ0) is 23.6. The lowest BCUT2D eigenvalue weighted by molar-refractivity contribution is -0.119. The normalized spacial score (nSPS) is 24.9. The zero-order valence-electron chi connectivity index (χ0n) is 20.2. The lowest BCUT2D eigenvalue weighted by Crippen LogP contribution is -2.28. The number of carbonyl (C=O) groups is 1. The summed E-state index contributed by atoms with van der Waals surface area (Å²) in [5.74, 6) is 2.85. The molecule has 0 aliphatic heterocycles. The van der Waals surface area contributed by atoms with Crippen molar-refractivity contribution in [2.45, 2.75) is 65.7 Å². The maximum atomic E-state index is 11.6. The first-order valence-electron chi connectivity index (χ1n) is 12.0. The Morgan fingerprint density at radius 2 is 1.88 bits per heavy atom. The second kappa shape index (κ2) is 13.0. The molecule has 1 N–H and O–H groups in total. The molecule has 5 atom stereocenters. The molecular formula is C27H41NO3S. The number of amides is 1. The highest BCUT2D eigenvalue weighted by atomic mass is 32.2. The van der Waals surface area contributed by atoms with Crippen LogP contribution in [0.1, 0.15) is 64.9 Å². The van der Waals surface area contributed by atoms with Gasteiger partial charge in [0.2, 0.25) is 15.9 Å². The fraction of sp³-hybridized carbons (Fsp3) is 0.593. The van der Waals surface area contributed by atoms with Crippen molar-refractivity contribution in [1.29, 1.82) is 0 Å². The van der Waals surface area contributed by atoms with Gasteiger partial charge in [-0.2, -0.15) is 0 Å². The molecule has 0 heterocycles. The van der Waals surface area contributed by atoms with Gasteiger partial charge in [-0.1, -0.05) is 75.4 Å². The molecule has 1 aromatic carbocycles. The van der Waals surface area contributed by atoms with Crippen LogP contribution < -0.4 is 4.72 Å². The highest BCUT2D eigenvalue weighted by Crippen LogP contribution is 2.44. The van der Waals surface area contributed by atoms with Gasteiger partial charge in [0.05, 0.1) is 6.26 Å². The molecule has 2 rings (SSSR count). The number of carbonyl (C=O) groups excluding carboxylic acids is 1. The third-order valence-corrected chi connectivity index (χ3v) is 7.27. The smallest absolute Gasteiger partial charge is 0.233 e. The largest absolute Gasteiger partial charge is 0.274 e. The van der Waals surface area contributed by atoms with Crippen molar-refractivity contribution in [3.05, 3.63) is 60.2 Å². The number of unbranched alkanes of at least 4 members (excludes halogenated alkanes) is 1. The average molecular weight is 460 g/mol. The minimum Gasteiger partial charge on any atom is -0.274 e. The summed E-state index contributed by atoms with van der Waals surface area (Å²) in [5, 5.41) is 0. The van der Waals surface area contributed by atoms with Gasteiger partial charge in [-0.15, -0.1) is 0 Å². The third kappa shape index (κ3) is 9.72. The molecule has 5 unspecified atom stereocenters. The van der Waals surface area contributed by atoms with Gasteiger partial charge in [-0.25, -0.2) is 8.42 Å². The SMILES string of the molecule is CC(/C=C/C1C(C)CC(C)C1C/C=C/CCCC(=O)NS(C)(=O)=O)CCc1ccccc1. The van der Waals surface area contributed by atoms with Gasteiger partial charge in [0.1, 0.15) is 0 Å². The molecule has 0 spiro atoms. The van der Waals surface area contributed by atoms with Gasteiger partial charge in [0.15, 0.2) is 0 Å². The zero-order valence-corrected chi connectivity index (χ0v) is 21.0. The molecule has 1 amide bonds. The quantitative estimate of drug-likeness (QED) is 0.312. The monoisotopic (exact) mass is 459 g/mol. The Morgan fingerprint density at radius 3 is 2.56 bits per heavy atom. The number of aryl methyl sites for hydroxylation is 1. The van der Waals surface area contributed by atoms with Crippen LogP contribution in [0.25, 0.3) is 0 Å². The predicted octanol–water partition coefficient (Wildman–Crippen LogP) is 5.91. The van der Waals surface area contributed by atoms with Crippen LogP contribution in [0.4, 0.5) is 0 Å². The van der Waals surface area contributed by atoms with E-state index in [9.17, 15) is 13.2 Å². The molecule has 1 aromatic rings. The third-order valence-electron chi connectivity index (χ3n) is 6.67. The van der Waals surface area contributed by atoms with E-state index in [1.165, 1.54) is 18.4 Å². The van der Waals surface area contributed by atoms with Crippen molar-refractivity contribution >= 4 is 15.9 Å². The van der Waals surface area contributed by atoms with Crippen molar-refractivity contribution in [2.24, 2.45) is 29.6 Å². The van der Waals surface area contributed by atoms with Gasteiger partial charge in [0.25, 0.3) is 0 Å². The fourth-order valence-corrected chi connectivity index (χ4v) is 5.42. The average Bonchev–Trinajstić information content (AvgIpc) is 2.99. The Labute approximate surface area is 195 Å². The van der Waals surface area contributed by atoms with Crippen molar-refractivity contribution in [3.63, 3.8) is 0 Å². The van der Waals surface area contributed by atoms with Crippen LogP contribution in [0.5, 0.6) is 0 Å². The maximum absolute atomic E-state index is 11.6. The molecule has 4 nitrogen and oxygen atoms in total. The Hall–Kier alpha value is -1.88. The Balaban J connectivity index is 1.77. The van der Waals surface area contributed by atoms with E-state index in [4.69, 9.17) is 0 Å². The summed E-state index contributed by atoms with van der Waals surface area (Å²) in [4.78, 5) is 11.6. The number of hydrogen-bond donors (Lipinski definition) is 1. The van der Waals surface area contributed by atoms with Gasteiger partial charge < -0.3 is 0 Å². The van der Waals surface area contributed by atoms with Crippen LogP contribution in [0, 0.1) is 29.6 Å².